The molecule has 0 aliphatic carbocycles. The molecule has 0 fully saturated rings. The van der Waals surface area contributed by atoms with Crippen LogP contribution in [0.5, 0.6) is 0 Å². The number of rotatable bonds is 2. The van der Waals surface area contributed by atoms with Gasteiger partial charge in [-0.3, -0.25) is 14.8 Å². The van der Waals surface area contributed by atoms with Gasteiger partial charge in [-0.15, -0.1) is 0 Å². The first-order valence-electron chi connectivity index (χ1n) is 10.5. The van der Waals surface area contributed by atoms with Gasteiger partial charge in [-0.25, -0.2) is 0 Å². The van der Waals surface area contributed by atoms with E-state index in [1.165, 1.54) is 22.5 Å². The Bertz CT molecular complexity index is 673. The molecule has 2 heterocycles. The number of hydrogen-bond acceptors (Lipinski definition) is 3. The van der Waals surface area contributed by atoms with Gasteiger partial charge in [0, 0.05) is 39.3 Å². The van der Waals surface area contributed by atoms with E-state index in [0.29, 0.717) is 0 Å². The molecule has 0 unspecified atom stereocenters. The molecule has 3 rings (SSSR count). The molecule has 0 amide bonds. The largest absolute Gasteiger partial charge is 0.293 e. The first-order chi connectivity index (χ1) is 13.1. The standard InChI is InChI=1S/C25H37N3/c1-24(2,3)18-27-14-20-9-7-10-21(13-20)15-28(19-25(4,5)6)17-23-12-8-11-22(16-27)26-23/h7-13H,14-19H2,1-6H3. The zero-order valence-electron chi connectivity index (χ0n) is 18.6. The van der Waals surface area contributed by atoms with Crippen molar-refractivity contribution in [1.82, 2.24) is 14.8 Å². The molecule has 1 aromatic carbocycles. The topological polar surface area (TPSA) is 19.4 Å². The van der Waals surface area contributed by atoms with Crippen LogP contribution in [0.4, 0.5) is 0 Å². The Kier molecular flexibility index (Phi) is 6.26. The van der Waals surface area contributed by atoms with Crippen molar-refractivity contribution in [3.05, 3.63) is 65.0 Å². The lowest BCUT2D eigenvalue weighted by atomic mass is 9.95. The van der Waals surface area contributed by atoms with E-state index >= 15 is 0 Å². The summed E-state index contributed by atoms with van der Waals surface area (Å²) in [6.07, 6.45) is 0. The Morgan fingerprint density at radius 1 is 0.679 bits per heavy atom. The van der Waals surface area contributed by atoms with Crippen molar-refractivity contribution in [2.24, 2.45) is 10.8 Å². The maximum absolute atomic E-state index is 5.02. The molecule has 0 radical (unpaired) electrons. The zero-order chi connectivity index (χ0) is 20.4. The molecule has 1 aliphatic rings. The average molecular weight is 380 g/mol. The van der Waals surface area contributed by atoms with E-state index in [1.54, 1.807) is 0 Å². The predicted molar refractivity (Wildman–Crippen MR) is 118 cm³/mol. The third-order valence-corrected chi connectivity index (χ3v) is 4.84. The van der Waals surface area contributed by atoms with Gasteiger partial charge < -0.3 is 0 Å². The molecule has 0 saturated heterocycles. The minimum Gasteiger partial charge on any atom is -0.293 e. The van der Waals surface area contributed by atoms with Crippen molar-refractivity contribution in [3.8, 4) is 0 Å². The van der Waals surface area contributed by atoms with Gasteiger partial charge in [-0.1, -0.05) is 71.9 Å². The molecule has 0 N–H and O–H groups in total. The van der Waals surface area contributed by atoms with Crippen LogP contribution in [-0.4, -0.2) is 27.9 Å². The molecule has 28 heavy (non-hydrogen) atoms. The van der Waals surface area contributed by atoms with Crippen LogP contribution in [0.3, 0.4) is 0 Å². The SMILES string of the molecule is CC(C)(C)CN1Cc2cccc(c2)CN(CC(C)(C)C)Cc2cccc(n2)C1. The third-order valence-electron chi connectivity index (χ3n) is 4.84. The number of aromatic nitrogens is 1. The molecule has 3 heteroatoms. The van der Waals surface area contributed by atoms with E-state index in [1.807, 2.05) is 0 Å². The fraction of sp³-hybridized carbons (Fsp3) is 0.560. The van der Waals surface area contributed by atoms with Crippen molar-refractivity contribution in [2.75, 3.05) is 13.1 Å². The molecule has 2 aromatic rings. The number of nitrogens with zero attached hydrogens (tertiary/aromatic N) is 3. The number of fused-ring (bicyclic) bond motifs is 4. The van der Waals surface area contributed by atoms with Crippen molar-refractivity contribution >= 4 is 0 Å². The van der Waals surface area contributed by atoms with Crippen LogP contribution in [0.15, 0.2) is 42.5 Å². The van der Waals surface area contributed by atoms with Gasteiger partial charge in [-0.2, -0.15) is 0 Å². The van der Waals surface area contributed by atoms with E-state index in [-0.39, 0.29) is 10.8 Å². The average Bonchev–Trinajstić information content (AvgIpc) is 2.51. The van der Waals surface area contributed by atoms with Crippen molar-refractivity contribution in [2.45, 2.75) is 67.7 Å². The van der Waals surface area contributed by atoms with E-state index in [2.05, 4.69) is 93.8 Å². The zero-order valence-corrected chi connectivity index (χ0v) is 18.6. The highest BCUT2D eigenvalue weighted by atomic mass is 15.2. The molecular weight excluding hydrogens is 342 g/mol. The summed E-state index contributed by atoms with van der Waals surface area (Å²) in [6, 6.07) is 15.7. The Morgan fingerprint density at radius 3 is 1.54 bits per heavy atom. The summed E-state index contributed by atoms with van der Waals surface area (Å²) in [5.41, 5.74) is 5.66. The van der Waals surface area contributed by atoms with E-state index in [0.717, 1.165) is 39.3 Å². The van der Waals surface area contributed by atoms with Crippen LogP contribution >= 0.6 is 0 Å². The number of hydrogen-bond donors (Lipinski definition) is 0. The van der Waals surface area contributed by atoms with E-state index in [9.17, 15) is 0 Å². The van der Waals surface area contributed by atoms with Gasteiger partial charge in [0.15, 0.2) is 0 Å². The third kappa shape index (κ3) is 6.72. The lowest BCUT2D eigenvalue weighted by molar-refractivity contribution is 0.168. The van der Waals surface area contributed by atoms with Gasteiger partial charge in [0.1, 0.15) is 0 Å². The minimum absolute atomic E-state index is 0.260. The summed E-state index contributed by atoms with van der Waals surface area (Å²) in [7, 11) is 0. The minimum atomic E-state index is 0.260. The van der Waals surface area contributed by atoms with Gasteiger partial charge in [0.2, 0.25) is 0 Å². The lowest BCUT2D eigenvalue weighted by Crippen LogP contribution is -2.34. The highest BCUT2D eigenvalue weighted by molar-refractivity contribution is 5.24. The Hall–Kier alpha value is -1.71. The normalized spacial score (nSPS) is 17.1. The Morgan fingerprint density at radius 2 is 1.11 bits per heavy atom. The van der Waals surface area contributed by atoms with Crippen LogP contribution in [0, 0.1) is 10.8 Å². The molecule has 1 aromatic heterocycles. The second-order valence-corrected chi connectivity index (χ2v) is 10.9. The summed E-state index contributed by atoms with van der Waals surface area (Å²) in [4.78, 5) is 10.1. The Labute approximate surface area is 171 Å². The molecule has 1 aliphatic heterocycles. The molecule has 4 bridgehead atoms. The summed E-state index contributed by atoms with van der Waals surface area (Å²) >= 11 is 0. The van der Waals surface area contributed by atoms with Crippen LogP contribution in [0.25, 0.3) is 0 Å². The van der Waals surface area contributed by atoms with Crippen molar-refractivity contribution < 1.29 is 0 Å². The predicted octanol–water partition coefficient (Wildman–Crippen LogP) is 5.49. The van der Waals surface area contributed by atoms with Crippen molar-refractivity contribution in [3.63, 3.8) is 0 Å². The highest BCUT2D eigenvalue weighted by Gasteiger charge is 2.21. The number of pyridine rings is 1. The van der Waals surface area contributed by atoms with Crippen LogP contribution in [-0.2, 0) is 26.2 Å². The van der Waals surface area contributed by atoms with Crippen LogP contribution in [0.1, 0.15) is 64.1 Å². The maximum atomic E-state index is 5.02. The first-order valence-corrected chi connectivity index (χ1v) is 10.5. The summed E-state index contributed by atoms with van der Waals surface area (Å²) < 4.78 is 0. The van der Waals surface area contributed by atoms with E-state index in [4.69, 9.17) is 4.98 Å². The monoisotopic (exact) mass is 379 g/mol. The molecule has 3 nitrogen and oxygen atoms in total. The first kappa shape index (κ1) is 21.0. The fourth-order valence-electron chi connectivity index (χ4n) is 4.18. The molecule has 0 atom stereocenters. The van der Waals surface area contributed by atoms with Gasteiger partial charge in [0.25, 0.3) is 0 Å². The van der Waals surface area contributed by atoms with Gasteiger partial charge >= 0.3 is 0 Å². The van der Waals surface area contributed by atoms with Gasteiger partial charge in [0.05, 0.1) is 11.4 Å². The van der Waals surface area contributed by atoms with Crippen molar-refractivity contribution in [1.29, 1.82) is 0 Å². The van der Waals surface area contributed by atoms with E-state index < -0.39 is 0 Å². The molecule has 152 valence electrons. The quantitative estimate of drug-likeness (QED) is 0.687. The molecular formula is C25H37N3. The number of benzene rings is 1. The smallest absolute Gasteiger partial charge is 0.0548 e. The fourth-order valence-corrected chi connectivity index (χ4v) is 4.18. The summed E-state index contributed by atoms with van der Waals surface area (Å²) in [5.74, 6) is 0. The molecule has 0 spiro atoms. The summed E-state index contributed by atoms with van der Waals surface area (Å²) in [6.45, 7) is 19.7. The summed E-state index contributed by atoms with van der Waals surface area (Å²) in [5, 5.41) is 0. The molecule has 0 saturated carbocycles. The maximum Gasteiger partial charge on any atom is 0.0548 e. The van der Waals surface area contributed by atoms with Crippen LogP contribution in [0.2, 0.25) is 0 Å². The second kappa shape index (κ2) is 8.34. The Balaban J connectivity index is 1.95. The lowest BCUT2D eigenvalue weighted by Gasteiger charge is -2.32. The van der Waals surface area contributed by atoms with Gasteiger partial charge in [-0.05, 0) is 34.1 Å². The highest BCUT2D eigenvalue weighted by Crippen LogP contribution is 2.23. The second-order valence-electron chi connectivity index (χ2n) is 10.9. The van der Waals surface area contributed by atoms with Crippen LogP contribution < -0.4 is 0 Å².